The van der Waals surface area contributed by atoms with Gasteiger partial charge in [-0.15, -0.1) is 0 Å². The third kappa shape index (κ3) is 6.19. The van der Waals surface area contributed by atoms with Crippen LogP contribution >= 0.6 is 0 Å². The Bertz CT molecular complexity index is 1150. The fourth-order valence-electron chi connectivity index (χ4n) is 3.65. The first-order chi connectivity index (χ1) is 15.9. The van der Waals surface area contributed by atoms with E-state index in [1.54, 1.807) is 12.1 Å². The molecule has 0 aliphatic heterocycles. The summed E-state index contributed by atoms with van der Waals surface area (Å²) in [4.78, 5) is 14.0. The van der Waals surface area contributed by atoms with Gasteiger partial charge in [0.2, 0.25) is 0 Å². The maximum Gasteiger partial charge on any atom is 0.320 e. The molecule has 0 radical (unpaired) electrons. The minimum Gasteiger partial charge on any atom is -0.607 e. The number of hydrogen-bond donors (Lipinski definition) is 0. The van der Waals surface area contributed by atoms with Crippen molar-refractivity contribution in [2.24, 2.45) is 0 Å². The number of rotatable bonds is 6. The van der Waals surface area contributed by atoms with Gasteiger partial charge in [-0.05, 0) is 46.7 Å². The summed E-state index contributed by atoms with van der Waals surface area (Å²) in [6.07, 6.45) is -0.125. The van der Waals surface area contributed by atoms with Gasteiger partial charge in [-0.2, -0.15) is 0 Å². The molecule has 0 N–H and O–H groups in total. The zero-order valence-electron chi connectivity index (χ0n) is 21.0. The largest absolute Gasteiger partial charge is 0.607 e. The lowest BCUT2D eigenvalue weighted by atomic mass is 9.78. The van der Waals surface area contributed by atoms with Gasteiger partial charge in [-0.25, -0.2) is 0 Å². The number of hydrogen-bond acceptors (Lipinski definition) is 3. The SMILES string of the molecule is C=C(CC(=O)Oc1c(-c2ccccc2)cc(C(C)(C)C)cc1C(C)(C)C)[S+]([O-])c1ccccc1. The van der Waals surface area contributed by atoms with E-state index in [-0.39, 0.29) is 17.3 Å². The van der Waals surface area contributed by atoms with E-state index in [0.29, 0.717) is 15.6 Å². The summed E-state index contributed by atoms with van der Waals surface area (Å²) in [7, 11) is 0. The van der Waals surface area contributed by atoms with Gasteiger partial charge in [-0.1, -0.05) is 96.1 Å². The predicted molar refractivity (Wildman–Crippen MR) is 142 cm³/mol. The van der Waals surface area contributed by atoms with Crippen LogP contribution in [0, 0.1) is 0 Å². The second kappa shape index (κ2) is 10.2. The second-order valence-electron chi connectivity index (χ2n) is 10.5. The summed E-state index contributed by atoms with van der Waals surface area (Å²) in [5.41, 5.74) is 3.65. The van der Waals surface area contributed by atoms with E-state index < -0.39 is 17.1 Å². The van der Waals surface area contributed by atoms with E-state index in [4.69, 9.17) is 4.74 Å². The maximum atomic E-state index is 13.1. The number of carbonyl (C=O) groups excluding carboxylic acids is 1. The van der Waals surface area contributed by atoms with Crippen LogP contribution < -0.4 is 4.74 Å². The molecule has 0 spiro atoms. The van der Waals surface area contributed by atoms with Crippen LogP contribution in [0.3, 0.4) is 0 Å². The molecule has 178 valence electrons. The molecule has 3 nitrogen and oxygen atoms in total. The van der Waals surface area contributed by atoms with Gasteiger partial charge < -0.3 is 9.29 Å². The fourth-order valence-corrected chi connectivity index (χ4v) is 4.63. The van der Waals surface area contributed by atoms with Gasteiger partial charge in [-0.3, -0.25) is 4.79 Å². The van der Waals surface area contributed by atoms with Crippen LogP contribution in [0.1, 0.15) is 59.1 Å². The van der Waals surface area contributed by atoms with Crippen LogP contribution in [-0.2, 0) is 26.8 Å². The molecule has 3 rings (SSSR count). The van der Waals surface area contributed by atoms with Gasteiger partial charge in [0.25, 0.3) is 0 Å². The average Bonchev–Trinajstić information content (AvgIpc) is 2.78. The molecule has 3 aromatic rings. The van der Waals surface area contributed by atoms with E-state index >= 15 is 0 Å². The summed E-state index contributed by atoms with van der Waals surface area (Å²) in [5.74, 6) is 0.0791. The Balaban J connectivity index is 2.02. The quantitative estimate of drug-likeness (QED) is 0.210. The Labute approximate surface area is 207 Å². The molecular formula is C30H34O3S. The highest BCUT2D eigenvalue weighted by atomic mass is 32.2. The van der Waals surface area contributed by atoms with Crippen molar-refractivity contribution in [3.05, 3.63) is 95.4 Å². The summed E-state index contributed by atoms with van der Waals surface area (Å²) in [6.45, 7) is 16.8. The summed E-state index contributed by atoms with van der Waals surface area (Å²) >= 11 is -1.48. The van der Waals surface area contributed by atoms with Crippen molar-refractivity contribution in [1.82, 2.24) is 0 Å². The van der Waals surface area contributed by atoms with Gasteiger partial charge in [0.05, 0.1) is 0 Å². The first kappa shape index (κ1) is 25.8. The lowest BCUT2D eigenvalue weighted by molar-refractivity contribution is -0.133. The molecule has 0 aromatic heterocycles. The summed E-state index contributed by atoms with van der Waals surface area (Å²) in [5, 5.41) is 0. The Hall–Kier alpha value is -2.82. The van der Waals surface area contributed by atoms with Crippen molar-refractivity contribution in [2.75, 3.05) is 0 Å². The Kier molecular flexibility index (Phi) is 7.74. The van der Waals surface area contributed by atoms with Crippen LogP contribution in [0.2, 0.25) is 0 Å². The molecule has 1 atom stereocenters. The van der Waals surface area contributed by atoms with Crippen molar-refractivity contribution >= 4 is 17.1 Å². The van der Waals surface area contributed by atoms with Crippen LogP contribution in [0.25, 0.3) is 11.1 Å². The van der Waals surface area contributed by atoms with Crippen molar-refractivity contribution < 1.29 is 14.1 Å². The Morgan fingerprint density at radius 1 is 0.882 bits per heavy atom. The molecule has 0 heterocycles. The number of esters is 1. The molecule has 0 bridgehead atoms. The topological polar surface area (TPSA) is 49.4 Å². The van der Waals surface area contributed by atoms with Crippen LogP contribution in [-0.4, -0.2) is 10.5 Å². The molecular weight excluding hydrogens is 440 g/mol. The van der Waals surface area contributed by atoms with Crippen molar-refractivity contribution in [1.29, 1.82) is 0 Å². The highest BCUT2D eigenvalue weighted by Gasteiger charge is 2.29. The number of carbonyl (C=O) groups is 1. The molecule has 1 unspecified atom stereocenters. The molecule has 0 saturated heterocycles. The predicted octanol–water partition coefficient (Wildman–Crippen LogP) is 7.57. The molecule has 3 aromatic carbocycles. The maximum absolute atomic E-state index is 13.1. The van der Waals surface area contributed by atoms with E-state index in [1.165, 1.54) is 5.56 Å². The molecule has 0 aliphatic carbocycles. The Morgan fingerprint density at radius 2 is 1.44 bits per heavy atom. The zero-order valence-corrected chi connectivity index (χ0v) is 21.8. The fraction of sp³-hybridized carbons (Fsp3) is 0.300. The molecule has 0 fully saturated rings. The van der Waals surface area contributed by atoms with E-state index in [9.17, 15) is 9.35 Å². The third-order valence-corrected chi connectivity index (χ3v) is 6.99. The zero-order chi connectivity index (χ0) is 25.1. The first-order valence-electron chi connectivity index (χ1n) is 11.5. The molecule has 34 heavy (non-hydrogen) atoms. The summed E-state index contributed by atoms with van der Waals surface area (Å²) < 4.78 is 18.9. The normalized spacial score (nSPS) is 12.8. The van der Waals surface area contributed by atoms with E-state index in [0.717, 1.165) is 16.7 Å². The Morgan fingerprint density at radius 3 is 1.97 bits per heavy atom. The van der Waals surface area contributed by atoms with Gasteiger partial charge >= 0.3 is 5.97 Å². The van der Waals surface area contributed by atoms with Crippen LogP contribution in [0.4, 0.5) is 0 Å². The van der Waals surface area contributed by atoms with Gasteiger partial charge in [0, 0.05) is 22.3 Å². The third-order valence-electron chi connectivity index (χ3n) is 5.62. The monoisotopic (exact) mass is 474 g/mol. The molecule has 0 amide bonds. The summed E-state index contributed by atoms with van der Waals surface area (Å²) in [6, 6.07) is 23.3. The van der Waals surface area contributed by atoms with Gasteiger partial charge in [0.15, 0.2) is 4.90 Å². The van der Waals surface area contributed by atoms with E-state index in [2.05, 4.69) is 60.3 Å². The number of benzene rings is 3. The highest BCUT2D eigenvalue weighted by molar-refractivity contribution is 7.95. The van der Waals surface area contributed by atoms with Crippen molar-refractivity contribution in [3.63, 3.8) is 0 Å². The highest BCUT2D eigenvalue weighted by Crippen LogP contribution is 2.43. The molecule has 4 heteroatoms. The lowest BCUT2D eigenvalue weighted by Gasteiger charge is -2.29. The standard InChI is InChI=1S/C30H34O3S/c1-21(34(32)24-16-12-9-13-17-24)18-27(31)33-28-25(22-14-10-8-11-15-22)19-23(29(2,3)4)20-26(28)30(5,6)7/h8-17,19-20H,1,18H2,2-7H3. The molecule has 0 saturated carbocycles. The lowest BCUT2D eigenvalue weighted by Crippen LogP contribution is -2.21. The number of ether oxygens (including phenoxy) is 1. The second-order valence-corrected chi connectivity index (χ2v) is 12.1. The van der Waals surface area contributed by atoms with Gasteiger partial charge in [0.1, 0.15) is 17.1 Å². The smallest absolute Gasteiger partial charge is 0.320 e. The van der Waals surface area contributed by atoms with Crippen LogP contribution in [0.5, 0.6) is 5.75 Å². The van der Waals surface area contributed by atoms with Crippen LogP contribution in [0.15, 0.2) is 89.2 Å². The first-order valence-corrected chi connectivity index (χ1v) is 12.6. The minimum atomic E-state index is -1.48. The van der Waals surface area contributed by atoms with E-state index in [1.807, 2.05) is 48.5 Å². The average molecular weight is 475 g/mol. The van der Waals surface area contributed by atoms with Crippen molar-refractivity contribution in [3.8, 4) is 16.9 Å². The minimum absolute atomic E-state index is 0.0765. The van der Waals surface area contributed by atoms with Crippen molar-refractivity contribution in [2.45, 2.75) is 63.7 Å². The molecule has 0 aliphatic rings.